The van der Waals surface area contributed by atoms with Crippen molar-refractivity contribution in [1.29, 1.82) is 0 Å². The molecule has 0 aromatic heterocycles. The molecule has 0 saturated heterocycles. The van der Waals surface area contributed by atoms with Gasteiger partial charge in [-0.25, -0.2) is 0 Å². The third-order valence-corrected chi connectivity index (χ3v) is 6.00. The number of hydrazine groups is 1. The molecule has 4 heteroatoms. The summed E-state index contributed by atoms with van der Waals surface area (Å²) >= 11 is 0. The lowest BCUT2D eigenvalue weighted by Crippen LogP contribution is -2.49. The molecule has 122 valence electrons. The molecule has 2 amide bonds. The quantitative estimate of drug-likeness (QED) is 0.651. The van der Waals surface area contributed by atoms with Gasteiger partial charge in [-0.05, 0) is 49.1 Å². The second-order valence-corrected chi connectivity index (χ2v) is 7.45. The zero-order valence-electron chi connectivity index (χ0n) is 14.0. The van der Waals surface area contributed by atoms with E-state index in [1.807, 2.05) is 25.1 Å². The summed E-state index contributed by atoms with van der Waals surface area (Å²) in [5.41, 5.74) is 7.13. The number of hydrogen-bond acceptors (Lipinski definition) is 2. The van der Waals surface area contributed by atoms with Gasteiger partial charge in [-0.15, -0.1) is 0 Å². The van der Waals surface area contributed by atoms with Gasteiger partial charge in [-0.1, -0.05) is 44.2 Å². The van der Waals surface area contributed by atoms with E-state index in [-0.39, 0.29) is 17.2 Å². The normalized spacial score (nSPS) is 27.8. The molecule has 0 heterocycles. The molecule has 2 unspecified atom stereocenters. The summed E-state index contributed by atoms with van der Waals surface area (Å²) in [6.07, 6.45) is 2.71. The van der Waals surface area contributed by atoms with Crippen LogP contribution in [0, 0.1) is 23.7 Å². The van der Waals surface area contributed by atoms with E-state index in [1.165, 1.54) is 0 Å². The largest absolute Gasteiger partial charge is 0.272 e. The van der Waals surface area contributed by atoms with Gasteiger partial charge in [-0.2, -0.15) is 0 Å². The number of fused-ring (bicyclic) bond motifs is 2. The van der Waals surface area contributed by atoms with Gasteiger partial charge in [0.25, 0.3) is 5.91 Å². The first-order valence-corrected chi connectivity index (χ1v) is 8.15. The van der Waals surface area contributed by atoms with Crippen molar-refractivity contribution in [2.45, 2.75) is 40.0 Å². The Hall–Kier alpha value is -2.10. The van der Waals surface area contributed by atoms with E-state index >= 15 is 0 Å². The van der Waals surface area contributed by atoms with Crippen LogP contribution in [-0.2, 0) is 4.79 Å². The summed E-state index contributed by atoms with van der Waals surface area (Å²) in [5, 5.41) is 0. The highest BCUT2D eigenvalue weighted by Gasteiger charge is 2.60. The van der Waals surface area contributed by atoms with E-state index in [9.17, 15) is 9.59 Å². The van der Waals surface area contributed by atoms with Crippen LogP contribution in [0.4, 0.5) is 0 Å². The van der Waals surface area contributed by atoms with Gasteiger partial charge in [0.15, 0.2) is 0 Å². The van der Waals surface area contributed by atoms with Crippen LogP contribution in [-0.4, -0.2) is 11.8 Å². The lowest BCUT2D eigenvalue weighted by Gasteiger charge is -2.37. The van der Waals surface area contributed by atoms with Crippen molar-refractivity contribution in [2.75, 3.05) is 0 Å². The highest BCUT2D eigenvalue weighted by Crippen LogP contribution is 2.65. The molecule has 2 aliphatic carbocycles. The van der Waals surface area contributed by atoms with Crippen molar-refractivity contribution < 1.29 is 9.59 Å². The zero-order valence-corrected chi connectivity index (χ0v) is 14.0. The molecule has 2 atom stereocenters. The Morgan fingerprint density at radius 1 is 1.22 bits per heavy atom. The Morgan fingerprint density at radius 2 is 1.91 bits per heavy atom. The fourth-order valence-electron chi connectivity index (χ4n) is 4.27. The summed E-state index contributed by atoms with van der Waals surface area (Å²) < 4.78 is 0. The molecule has 2 bridgehead atoms. The Kier molecular flexibility index (Phi) is 3.58. The van der Waals surface area contributed by atoms with Gasteiger partial charge >= 0.3 is 0 Å². The number of hydrogen-bond donors (Lipinski definition) is 2. The number of carbonyl (C=O) groups excluding carboxylic acids is 2. The Morgan fingerprint density at radius 3 is 2.52 bits per heavy atom. The number of carbonyl (C=O) groups is 2. The van der Waals surface area contributed by atoms with Crippen LogP contribution in [0.5, 0.6) is 0 Å². The lowest BCUT2D eigenvalue weighted by atomic mass is 9.68. The van der Waals surface area contributed by atoms with Crippen molar-refractivity contribution in [1.82, 2.24) is 10.9 Å². The Balaban J connectivity index is 1.70. The SMILES string of the molecule is C=C1C2(C(=O)NNC(=O)c3ccccc3C)CCC(C2)C1(C)C. The molecule has 2 N–H and O–H groups in total. The summed E-state index contributed by atoms with van der Waals surface area (Å²) in [7, 11) is 0. The maximum Gasteiger partial charge on any atom is 0.269 e. The minimum absolute atomic E-state index is 0.00435. The van der Waals surface area contributed by atoms with Crippen LogP contribution in [0.1, 0.15) is 49.0 Å². The molecule has 2 saturated carbocycles. The monoisotopic (exact) mass is 312 g/mol. The average Bonchev–Trinajstić information content (AvgIpc) is 3.05. The molecule has 3 rings (SSSR count). The highest BCUT2D eigenvalue weighted by molar-refractivity contribution is 5.97. The van der Waals surface area contributed by atoms with Crippen LogP contribution < -0.4 is 10.9 Å². The van der Waals surface area contributed by atoms with Crippen LogP contribution >= 0.6 is 0 Å². The van der Waals surface area contributed by atoms with Crippen LogP contribution in [0.15, 0.2) is 36.4 Å². The number of rotatable bonds is 2. The van der Waals surface area contributed by atoms with Crippen molar-refractivity contribution in [3.05, 3.63) is 47.5 Å². The minimum atomic E-state index is -0.521. The molecule has 4 nitrogen and oxygen atoms in total. The Bertz CT molecular complexity index is 692. The van der Waals surface area contributed by atoms with Crippen molar-refractivity contribution >= 4 is 11.8 Å². The van der Waals surface area contributed by atoms with E-state index in [0.717, 1.165) is 30.4 Å². The summed E-state index contributed by atoms with van der Waals surface area (Å²) in [6.45, 7) is 10.4. The summed E-state index contributed by atoms with van der Waals surface area (Å²) in [6, 6.07) is 7.31. The van der Waals surface area contributed by atoms with Gasteiger partial charge in [-0.3, -0.25) is 20.4 Å². The van der Waals surface area contributed by atoms with E-state index in [0.29, 0.717) is 11.5 Å². The predicted octanol–water partition coefficient (Wildman–Crippen LogP) is 3.14. The smallest absolute Gasteiger partial charge is 0.269 e. The second kappa shape index (κ2) is 5.22. The van der Waals surface area contributed by atoms with Crippen molar-refractivity contribution in [3.8, 4) is 0 Å². The lowest BCUT2D eigenvalue weighted by molar-refractivity contribution is -0.129. The average molecular weight is 312 g/mol. The number of amides is 2. The van der Waals surface area contributed by atoms with Crippen LogP contribution in [0.2, 0.25) is 0 Å². The van der Waals surface area contributed by atoms with Gasteiger partial charge in [0.2, 0.25) is 5.91 Å². The number of nitrogens with one attached hydrogen (secondary N) is 2. The first-order chi connectivity index (χ1) is 10.8. The number of benzene rings is 1. The highest BCUT2D eigenvalue weighted by atomic mass is 16.2. The Labute approximate surface area is 137 Å². The summed E-state index contributed by atoms with van der Waals surface area (Å²) in [5.74, 6) is 0.0931. The van der Waals surface area contributed by atoms with Crippen LogP contribution in [0.25, 0.3) is 0 Å². The van der Waals surface area contributed by atoms with Crippen molar-refractivity contribution in [3.63, 3.8) is 0 Å². The van der Waals surface area contributed by atoms with Gasteiger partial charge < -0.3 is 0 Å². The molecule has 23 heavy (non-hydrogen) atoms. The fourth-order valence-corrected chi connectivity index (χ4v) is 4.27. The van der Waals surface area contributed by atoms with E-state index in [2.05, 4.69) is 31.3 Å². The first-order valence-electron chi connectivity index (χ1n) is 8.15. The molecule has 2 fully saturated rings. The third kappa shape index (κ3) is 2.28. The van der Waals surface area contributed by atoms with Gasteiger partial charge in [0, 0.05) is 5.56 Å². The van der Waals surface area contributed by atoms with Crippen molar-refractivity contribution in [2.24, 2.45) is 16.7 Å². The topological polar surface area (TPSA) is 58.2 Å². The maximum atomic E-state index is 12.8. The van der Waals surface area contributed by atoms with E-state index in [4.69, 9.17) is 0 Å². The first kappa shape index (κ1) is 15.8. The zero-order chi connectivity index (χ0) is 16.8. The molecular weight excluding hydrogens is 288 g/mol. The predicted molar refractivity (Wildman–Crippen MR) is 89.5 cm³/mol. The third-order valence-electron chi connectivity index (χ3n) is 6.00. The molecule has 0 spiro atoms. The maximum absolute atomic E-state index is 12.8. The van der Waals surface area contributed by atoms with Crippen LogP contribution in [0.3, 0.4) is 0 Å². The second-order valence-electron chi connectivity index (χ2n) is 7.45. The molecule has 2 aliphatic rings. The fraction of sp³-hybridized carbons (Fsp3) is 0.474. The summed E-state index contributed by atoms with van der Waals surface area (Å²) in [4.78, 5) is 25.0. The molecule has 1 aromatic rings. The van der Waals surface area contributed by atoms with Gasteiger partial charge in [0.05, 0.1) is 5.41 Å². The van der Waals surface area contributed by atoms with E-state index in [1.54, 1.807) is 6.07 Å². The molecule has 1 aromatic carbocycles. The molecule has 0 radical (unpaired) electrons. The van der Waals surface area contributed by atoms with Gasteiger partial charge in [0.1, 0.15) is 0 Å². The standard InChI is InChI=1S/C19H24N2O2/c1-12-7-5-6-8-15(12)16(22)20-21-17(23)19-10-9-14(11-19)18(3,4)13(19)2/h5-8,14H,2,9-11H2,1,3-4H3,(H,20,22)(H,21,23). The molecule has 0 aliphatic heterocycles. The minimum Gasteiger partial charge on any atom is -0.272 e. The van der Waals surface area contributed by atoms with E-state index < -0.39 is 5.41 Å². The molecular formula is C19H24N2O2. The number of aryl methyl sites for hydroxylation is 1.